The first kappa shape index (κ1) is 38.4. The Hall–Kier alpha value is -5.43. The highest BCUT2D eigenvalue weighted by molar-refractivity contribution is 5.89. The zero-order valence-corrected chi connectivity index (χ0v) is 26.5. The van der Waals surface area contributed by atoms with Crippen LogP contribution in [0.3, 0.4) is 0 Å². The van der Waals surface area contributed by atoms with Crippen LogP contribution >= 0.6 is 0 Å². The second-order valence-corrected chi connectivity index (χ2v) is 10.5. The van der Waals surface area contributed by atoms with Crippen LogP contribution in [-0.2, 0) is 26.5 Å². The van der Waals surface area contributed by atoms with E-state index in [1.807, 2.05) is 0 Å². The number of benzene rings is 3. The first-order chi connectivity index (χ1) is 23.8. The summed E-state index contributed by atoms with van der Waals surface area (Å²) in [5.74, 6) is -0.679. The molecular weight excluding hydrogens is 707 g/mol. The molecule has 3 aromatic rings. The van der Waals surface area contributed by atoms with E-state index < -0.39 is 47.5 Å². The van der Waals surface area contributed by atoms with Crippen molar-refractivity contribution in [2.75, 3.05) is 13.7 Å². The molecule has 0 saturated heterocycles. The molecule has 0 radical (unpaired) electrons. The fourth-order valence-electron chi connectivity index (χ4n) is 4.20. The summed E-state index contributed by atoms with van der Waals surface area (Å²) in [6.07, 6.45) is -13.5. The number of carbonyl (C=O) groups is 2. The van der Waals surface area contributed by atoms with Gasteiger partial charge in [0, 0.05) is 23.1 Å². The molecule has 3 heterocycles. The van der Waals surface area contributed by atoms with E-state index in [1.165, 1.54) is 67.8 Å². The Bertz CT molecular complexity index is 1820. The monoisotopic (exact) mass is 732 g/mol. The van der Waals surface area contributed by atoms with Crippen molar-refractivity contribution in [3.63, 3.8) is 0 Å². The number of ether oxygens (including phenoxy) is 3. The van der Waals surface area contributed by atoms with Crippen LogP contribution in [0.1, 0.15) is 47.3 Å². The van der Waals surface area contributed by atoms with Crippen LogP contribution in [0.5, 0.6) is 11.5 Å². The van der Waals surface area contributed by atoms with Crippen molar-refractivity contribution < 1.29 is 63.3 Å². The van der Waals surface area contributed by atoms with Crippen molar-refractivity contribution in [1.29, 1.82) is 0 Å². The molecule has 0 spiro atoms. The molecule has 0 fully saturated rings. The standard InChI is InChI=1S/2C11H9F3N2O2.C9H7F3N2O/c1-2-18-9(17)7-3-5-8(6-4-7)10(15-16-10)11(12,13)14;1-2-9(17)18-8-5-3-4-7(6-8)10(15-16-10)11(12,13)14;1-15-7-4-2-3-6(5-7)8(13-14-8)9(10,11)12/h2*3-6H,2H2,1H3;2-5H,1H3. The van der Waals surface area contributed by atoms with E-state index in [0.29, 0.717) is 5.75 Å². The van der Waals surface area contributed by atoms with Crippen molar-refractivity contribution in [3.8, 4) is 11.5 Å². The summed E-state index contributed by atoms with van der Waals surface area (Å²) in [6.45, 7) is 3.44. The predicted octanol–water partition coefficient (Wildman–Crippen LogP) is 9.10. The molecule has 11 nitrogen and oxygen atoms in total. The fourth-order valence-corrected chi connectivity index (χ4v) is 4.20. The van der Waals surface area contributed by atoms with E-state index in [4.69, 9.17) is 14.2 Å². The molecule has 0 aromatic heterocycles. The summed E-state index contributed by atoms with van der Waals surface area (Å²) in [6, 6.07) is 15.7. The van der Waals surface area contributed by atoms with Gasteiger partial charge in [-0.25, -0.2) is 4.79 Å². The molecule has 272 valence electrons. The maximum absolute atomic E-state index is 12.7. The summed E-state index contributed by atoms with van der Waals surface area (Å²) in [4.78, 5) is 22.4. The third-order valence-electron chi connectivity index (χ3n) is 7.11. The average molecular weight is 733 g/mol. The summed E-state index contributed by atoms with van der Waals surface area (Å²) < 4.78 is 128. The number of carbonyl (C=O) groups excluding carboxylic acids is 2. The lowest BCUT2D eigenvalue weighted by molar-refractivity contribution is -0.166. The molecule has 20 heteroatoms. The highest BCUT2D eigenvalue weighted by Gasteiger charge is 2.66. The number of halogens is 9. The number of methoxy groups -OCH3 is 1. The van der Waals surface area contributed by atoms with E-state index in [-0.39, 0.29) is 41.0 Å². The molecule has 0 unspecified atom stereocenters. The highest BCUT2D eigenvalue weighted by Crippen LogP contribution is 2.54. The van der Waals surface area contributed by atoms with Crippen LogP contribution in [0.25, 0.3) is 0 Å². The number of alkyl halides is 9. The Morgan fingerprint density at radius 1 is 0.608 bits per heavy atom. The van der Waals surface area contributed by atoms with Crippen LogP contribution in [0.2, 0.25) is 0 Å². The maximum Gasteiger partial charge on any atom is 0.442 e. The van der Waals surface area contributed by atoms with Crippen LogP contribution < -0.4 is 9.47 Å². The molecule has 6 rings (SSSR count). The van der Waals surface area contributed by atoms with Crippen molar-refractivity contribution in [1.82, 2.24) is 0 Å². The lowest BCUT2D eigenvalue weighted by Gasteiger charge is -2.15. The third-order valence-corrected chi connectivity index (χ3v) is 7.11. The second-order valence-electron chi connectivity index (χ2n) is 10.5. The number of rotatable bonds is 8. The van der Waals surface area contributed by atoms with Crippen molar-refractivity contribution in [2.24, 2.45) is 30.7 Å². The highest BCUT2D eigenvalue weighted by atomic mass is 19.4. The third kappa shape index (κ3) is 8.15. The van der Waals surface area contributed by atoms with Crippen molar-refractivity contribution in [2.45, 2.75) is 55.8 Å². The fraction of sp³-hybridized carbons (Fsp3) is 0.355. The minimum atomic E-state index is -4.58. The molecule has 0 N–H and O–H groups in total. The van der Waals surface area contributed by atoms with Gasteiger partial charge in [-0.2, -0.15) is 39.5 Å². The van der Waals surface area contributed by atoms with Crippen LogP contribution in [0.15, 0.2) is 103 Å². The predicted molar refractivity (Wildman–Crippen MR) is 156 cm³/mol. The molecule has 0 amide bonds. The quantitative estimate of drug-likeness (QED) is 0.129. The molecule has 3 aromatic carbocycles. The summed E-state index contributed by atoms with van der Waals surface area (Å²) in [7, 11) is 1.39. The van der Waals surface area contributed by atoms with Gasteiger partial charge in [0.05, 0.1) is 19.3 Å². The van der Waals surface area contributed by atoms with Gasteiger partial charge in [0.2, 0.25) is 0 Å². The number of hydrogen-bond donors (Lipinski definition) is 0. The number of hydrogen-bond acceptors (Lipinski definition) is 11. The second kappa shape index (κ2) is 14.1. The van der Waals surface area contributed by atoms with E-state index >= 15 is 0 Å². The smallest absolute Gasteiger partial charge is 0.442 e. The van der Waals surface area contributed by atoms with E-state index in [0.717, 1.165) is 6.07 Å². The maximum atomic E-state index is 12.7. The Morgan fingerprint density at radius 3 is 1.39 bits per heavy atom. The van der Waals surface area contributed by atoms with E-state index in [9.17, 15) is 49.1 Å². The van der Waals surface area contributed by atoms with Gasteiger partial charge in [0.15, 0.2) is 0 Å². The summed E-state index contributed by atoms with van der Waals surface area (Å²) >= 11 is 0. The van der Waals surface area contributed by atoms with Crippen molar-refractivity contribution >= 4 is 11.9 Å². The van der Waals surface area contributed by atoms with Gasteiger partial charge < -0.3 is 14.2 Å². The molecule has 51 heavy (non-hydrogen) atoms. The lowest BCUT2D eigenvalue weighted by Crippen LogP contribution is -2.30. The Balaban J connectivity index is 0.000000172. The van der Waals surface area contributed by atoms with E-state index in [1.54, 1.807) is 19.9 Å². The van der Waals surface area contributed by atoms with Crippen LogP contribution in [0, 0.1) is 0 Å². The van der Waals surface area contributed by atoms with Gasteiger partial charge in [-0.05, 0) is 43.3 Å². The SMILES string of the molecule is CCC(=O)Oc1cccc(C2(C(F)(F)F)N=N2)c1.CCOC(=O)c1ccc(C2(C(F)(F)F)N=N2)cc1.COc1cccc(C2(C(F)(F)F)N=N2)c1. The average Bonchev–Trinajstić information content (AvgIpc) is 3.92. The topological polar surface area (TPSA) is 136 Å². The van der Waals surface area contributed by atoms with Crippen LogP contribution in [-0.4, -0.2) is 44.2 Å². The molecule has 3 aliphatic rings. The van der Waals surface area contributed by atoms with E-state index in [2.05, 4.69) is 30.7 Å². The minimum Gasteiger partial charge on any atom is -0.497 e. The summed E-state index contributed by atoms with van der Waals surface area (Å²) in [5.41, 5.74) is -7.38. The minimum absolute atomic E-state index is 0.0191. The molecule has 0 bridgehead atoms. The van der Waals surface area contributed by atoms with Crippen LogP contribution in [0.4, 0.5) is 39.5 Å². The molecular formula is C31H25F9N6O5. The number of nitrogens with zero attached hydrogens (tertiary/aromatic N) is 6. The van der Waals surface area contributed by atoms with Crippen molar-refractivity contribution in [3.05, 3.63) is 95.1 Å². The van der Waals surface area contributed by atoms with Gasteiger partial charge in [0.1, 0.15) is 11.5 Å². The Morgan fingerprint density at radius 2 is 1.02 bits per heavy atom. The Kier molecular flexibility index (Phi) is 10.6. The summed E-state index contributed by atoms with van der Waals surface area (Å²) in [5, 5.41) is 18.5. The lowest BCUT2D eigenvalue weighted by atomic mass is 10.0. The molecule has 0 aliphatic carbocycles. The van der Waals surface area contributed by atoms with Gasteiger partial charge >= 0.3 is 47.5 Å². The van der Waals surface area contributed by atoms with Gasteiger partial charge in [-0.15, -0.1) is 30.7 Å². The van der Waals surface area contributed by atoms with Gasteiger partial charge in [0.25, 0.3) is 0 Å². The normalized spacial score (nSPS) is 16.8. The first-order valence-electron chi connectivity index (χ1n) is 14.5. The molecule has 0 saturated carbocycles. The number of esters is 2. The zero-order valence-electron chi connectivity index (χ0n) is 26.5. The molecule has 0 atom stereocenters. The van der Waals surface area contributed by atoms with Gasteiger partial charge in [-0.3, -0.25) is 4.79 Å². The largest absolute Gasteiger partial charge is 0.497 e. The van der Waals surface area contributed by atoms with Gasteiger partial charge in [-0.1, -0.05) is 43.3 Å². The Labute approximate surface area is 282 Å². The molecule has 3 aliphatic heterocycles. The first-order valence-corrected chi connectivity index (χ1v) is 14.5. The zero-order chi connectivity index (χ0) is 37.9.